The molecule has 2 rings (SSSR count). The molecule has 0 amide bonds. The van der Waals surface area contributed by atoms with E-state index in [1.807, 2.05) is 6.07 Å². The Morgan fingerprint density at radius 3 is 3.00 bits per heavy atom. The smallest absolute Gasteiger partial charge is 0.269 e. The van der Waals surface area contributed by atoms with Gasteiger partial charge in [0.1, 0.15) is 0 Å². The lowest BCUT2D eigenvalue weighted by molar-refractivity contribution is -0.384. The lowest BCUT2D eigenvalue weighted by Crippen LogP contribution is -1.89. The van der Waals surface area contributed by atoms with Gasteiger partial charge in [-0.1, -0.05) is 23.5 Å². The summed E-state index contributed by atoms with van der Waals surface area (Å²) in [5.74, 6) is 0.670. The molecule has 0 aliphatic rings. The number of thioether (sulfide) groups is 1. The quantitative estimate of drug-likeness (QED) is 0.523. The van der Waals surface area contributed by atoms with E-state index in [0.29, 0.717) is 10.9 Å². The summed E-state index contributed by atoms with van der Waals surface area (Å²) < 4.78 is 1.01. The fourth-order valence-electron chi connectivity index (χ4n) is 1.25. The Hall–Kier alpha value is -1.60. The molecule has 0 aliphatic heterocycles. The van der Waals surface area contributed by atoms with Crippen LogP contribution in [0.4, 0.5) is 10.8 Å². The van der Waals surface area contributed by atoms with Gasteiger partial charge < -0.3 is 5.73 Å². The molecule has 5 nitrogen and oxygen atoms in total. The number of nitrogens with zero attached hydrogens (tertiary/aromatic N) is 2. The molecule has 88 valence electrons. The fourth-order valence-corrected chi connectivity index (χ4v) is 2.95. The SMILES string of the molecule is Nc1ncc(SCc2cccc([N+](=O)[O-])c2)s1. The number of benzene rings is 1. The van der Waals surface area contributed by atoms with Crippen molar-refractivity contribution in [2.75, 3.05) is 5.73 Å². The highest BCUT2D eigenvalue weighted by atomic mass is 32.2. The fraction of sp³-hybridized carbons (Fsp3) is 0.100. The van der Waals surface area contributed by atoms with Crippen molar-refractivity contribution in [3.8, 4) is 0 Å². The second-order valence-electron chi connectivity index (χ2n) is 3.23. The predicted molar refractivity (Wildman–Crippen MR) is 69.2 cm³/mol. The Morgan fingerprint density at radius 1 is 1.53 bits per heavy atom. The number of non-ortho nitro benzene ring substituents is 1. The number of nitro groups is 1. The predicted octanol–water partition coefficient (Wildman–Crippen LogP) is 2.93. The van der Waals surface area contributed by atoms with Crippen molar-refractivity contribution < 1.29 is 4.92 Å². The van der Waals surface area contributed by atoms with E-state index in [1.165, 1.54) is 17.4 Å². The molecule has 0 radical (unpaired) electrons. The van der Waals surface area contributed by atoms with Gasteiger partial charge in [0.05, 0.1) is 15.3 Å². The minimum absolute atomic E-state index is 0.118. The summed E-state index contributed by atoms with van der Waals surface area (Å²) in [4.78, 5) is 14.2. The van der Waals surface area contributed by atoms with Gasteiger partial charge in [0.25, 0.3) is 5.69 Å². The molecule has 0 bridgehead atoms. The Kier molecular flexibility index (Phi) is 3.60. The molecule has 0 spiro atoms. The van der Waals surface area contributed by atoms with Gasteiger partial charge in [0.2, 0.25) is 0 Å². The number of nitrogen functional groups attached to an aromatic ring is 1. The Morgan fingerprint density at radius 2 is 2.35 bits per heavy atom. The average molecular weight is 267 g/mol. The van der Waals surface area contributed by atoms with Crippen LogP contribution in [0, 0.1) is 10.1 Å². The van der Waals surface area contributed by atoms with Crippen LogP contribution in [0.3, 0.4) is 0 Å². The van der Waals surface area contributed by atoms with Gasteiger partial charge in [-0.2, -0.15) is 0 Å². The highest BCUT2D eigenvalue weighted by Gasteiger charge is 2.06. The van der Waals surface area contributed by atoms with Crippen LogP contribution in [0.2, 0.25) is 0 Å². The Balaban J connectivity index is 2.04. The zero-order valence-corrected chi connectivity index (χ0v) is 10.3. The molecule has 0 unspecified atom stereocenters. The van der Waals surface area contributed by atoms with Crippen LogP contribution < -0.4 is 5.73 Å². The molecule has 0 atom stereocenters. The van der Waals surface area contributed by atoms with E-state index in [4.69, 9.17) is 5.73 Å². The van der Waals surface area contributed by atoms with Crippen molar-refractivity contribution in [3.05, 3.63) is 46.1 Å². The zero-order valence-electron chi connectivity index (χ0n) is 8.70. The van der Waals surface area contributed by atoms with Crippen LogP contribution in [0.25, 0.3) is 0 Å². The van der Waals surface area contributed by atoms with Crippen LogP contribution in [0.15, 0.2) is 34.7 Å². The molecular weight excluding hydrogens is 258 g/mol. The lowest BCUT2D eigenvalue weighted by Gasteiger charge is -1.99. The highest BCUT2D eigenvalue weighted by Crippen LogP contribution is 2.29. The van der Waals surface area contributed by atoms with Crippen LogP contribution in [0.5, 0.6) is 0 Å². The summed E-state index contributed by atoms with van der Waals surface area (Å²) in [5, 5.41) is 11.1. The molecule has 7 heteroatoms. The number of anilines is 1. The molecule has 0 fully saturated rings. The minimum Gasteiger partial charge on any atom is -0.375 e. The minimum atomic E-state index is -0.390. The van der Waals surface area contributed by atoms with Gasteiger partial charge in [0.15, 0.2) is 5.13 Å². The zero-order chi connectivity index (χ0) is 12.3. The Bertz CT molecular complexity index is 542. The van der Waals surface area contributed by atoms with Crippen molar-refractivity contribution in [1.29, 1.82) is 0 Å². The molecule has 0 saturated heterocycles. The molecule has 0 aliphatic carbocycles. The maximum Gasteiger partial charge on any atom is 0.269 e. The molecule has 1 aromatic carbocycles. The Labute approximate surface area is 106 Å². The van der Waals surface area contributed by atoms with Crippen LogP contribution in [0.1, 0.15) is 5.56 Å². The maximum atomic E-state index is 10.6. The number of aromatic nitrogens is 1. The van der Waals surface area contributed by atoms with Crippen LogP contribution >= 0.6 is 23.1 Å². The summed E-state index contributed by atoms with van der Waals surface area (Å²) in [7, 11) is 0. The van der Waals surface area contributed by atoms with Crippen molar-refractivity contribution in [1.82, 2.24) is 4.98 Å². The second kappa shape index (κ2) is 5.15. The van der Waals surface area contributed by atoms with Crippen molar-refractivity contribution in [2.24, 2.45) is 0 Å². The molecule has 1 aromatic heterocycles. The third-order valence-corrected chi connectivity index (χ3v) is 4.10. The van der Waals surface area contributed by atoms with E-state index in [9.17, 15) is 10.1 Å². The number of hydrogen-bond acceptors (Lipinski definition) is 6. The number of rotatable bonds is 4. The molecular formula is C10H9N3O2S2. The molecule has 0 saturated carbocycles. The summed E-state index contributed by atoms with van der Waals surface area (Å²) >= 11 is 2.98. The number of nitro benzene ring substituents is 1. The highest BCUT2D eigenvalue weighted by molar-refractivity contribution is 8.00. The third kappa shape index (κ3) is 3.18. The van der Waals surface area contributed by atoms with Gasteiger partial charge in [-0.15, -0.1) is 11.8 Å². The van der Waals surface area contributed by atoms with Crippen molar-refractivity contribution in [3.63, 3.8) is 0 Å². The van der Waals surface area contributed by atoms with Crippen molar-refractivity contribution >= 4 is 33.9 Å². The average Bonchev–Trinajstić information content (AvgIpc) is 2.73. The van der Waals surface area contributed by atoms with Gasteiger partial charge in [0, 0.05) is 17.9 Å². The van der Waals surface area contributed by atoms with Gasteiger partial charge in [-0.3, -0.25) is 10.1 Å². The first kappa shape index (κ1) is 11.9. The summed E-state index contributed by atoms with van der Waals surface area (Å²) in [6, 6.07) is 6.62. The summed E-state index contributed by atoms with van der Waals surface area (Å²) in [5.41, 5.74) is 6.55. The van der Waals surface area contributed by atoms with E-state index >= 15 is 0 Å². The van der Waals surface area contributed by atoms with E-state index in [1.54, 1.807) is 30.1 Å². The van der Waals surface area contributed by atoms with Crippen LogP contribution in [-0.2, 0) is 5.75 Å². The largest absolute Gasteiger partial charge is 0.375 e. The summed E-state index contributed by atoms with van der Waals surface area (Å²) in [6.45, 7) is 0. The van der Waals surface area contributed by atoms with Crippen molar-refractivity contribution in [2.45, 2.75) is 9.96 Å². The first-order valence-corrected chi connectivity index (χ1v) is 6.53. The number of nitrogens with two attached hydrogens (primary N) is 1. The number of thiazole rings is 1. The van der Waals surface area contributed by atoms with E-state index in [2.05, 4.69) is 4.98 Å². The summed E-state index contributed by atoms with van der Waals surface area (Å²) in [6.07, 6.45) is 1.71. The van der Waals surface area contributed by atoms with Gasteiger partial charge >= 0.3 is 0 Å². The third-order valence-electron chi connectivity index (χ3n) is 2.00. The molecule has 2 aromatic rings. The molecule has 17 heavy (non-hydrogen) atoms. The van der Waals surface area contributed by atoms with Gasteiger partial charge in [-0.05, 0) is 5.56 Å². The van der Waals surface area contributed by atoms with E-state index in [-0.39, 0.29) is 5.69 Å². The number of hydrogen-bond donors (Lipinski definition) is 1. The van der Waals surface area contributed by atoms with E-state index in [0.717, 1.165) is 9.77 Å². The van der Waals surface area contributed by atoms with Crippen LogP contribution in [-0.4, -0.2) is 9.91 Å². The van der Waals surface area contributed by atoms with E-state index < -0.39 is 4.92 Å². The normalized spacial score (nSPS) is 10.4. The second-order valence-corrected chi connectivity index (χ2v) is 5.57. The molecule has 2 N–H and O–H groups in total. The maximum absolute atomic E-state index is 10.6. The standard InChI is InChI=1S/C10H9N3O2S2/c11-10-12-5-9(17-10)16-6-7-2-1-3-8(4-7)13(14)15/h1-5H,6H2,(H2,11,12). The topological polar surface area (TPSA) is 82.0 Å². The van der Waals surface area contributed by atoms with Gasteiger partial charge in [-0.25, -0.2) is 4.98 Å². The lowest BCUT2D eigenvalue weighted by atomic mass is 10.2. The monoisotopic (exact) mass is 267 g/mol. The first-order chi connectivity index (χ1) is 8.15. The molecule has 1 heterocycles. The first-order valence-electron chi connectivity index (χ1n) is 4.72.